The van der Waals surface area contributed by atoms with Gasteiger partial charge in [-0.25, -0.2) is 4.79 Å². The first-order valence-corrected chi connectivity index (χ1v) is 10.9. The molecule has 0 radical (unpaired) electrons. The van der Waals surface area contributed by atoms with Gasteiger partial charge in [0, 0.05) is 30.8 Å². The zero-order valence-corrected chi connectivity index (χ0v) is 18.4. The van der Waals surface area contributed by atoms with Gasteiger partial charge in [-0.1, -0.05) is 18.1 Å². The minimum atomic E-state index is -0.153. The lowest BCUT2D eigenvalue weighted by atomic mass is 10.1. The number of H-pyrrole nitrogens is 1. The van der Waals surface area contributed by atoms with E-state index in [-0.39, 0.29) is 17.5 Å². The third-order valence-corrected chi connectivity index (χ3v) is 6.20. The fraction of sp³-hybridized carbons (Fsp3) is 0.333. The Morgan fingerprint density at radius 2 is 1.97 bits per heavy atom. The van der Waals surface area contributed by atoms with Crippen molar-refractivity contribution in [2.24, 2.45) is 0 Å². The lowest BCUT2D eigenvalue weighted by Gasteiger charge is -2.17. The molecule has 1 aliphatic rings. The first-order chi connectivity index (χ1) is 15.4. The number of aryl methyl sites for hydroxylation is 3. The van der Waals surface area contributed by atoms with E-state index in [1.165, 1.54) is 5.56 Å². The highest BCUT2D eigenvalue weighted by Crippen LogP contribution is 2.33. The second-order valence-corrected chi connectivity index (χ2v) is 8.44. The third kappa shape index (κ3) is 3.41. The van der Waals surface area contributed by atoms with Crippen LogP contribution < -0.4 is 10.6 Å². The van der Waals surface area contributed by atoms with Crippen LogP contribution in [0.4, 0.5) is 5.69 Å². The molecule has 4 aromatic rings. The van der Waals surface area contributed by atoms with E-state index >= 15 is 0 Å². The monoisotopic (exact) mass is 431 g/mol. The van der Waals surface area contributed by atoms with Gasteiger partial charge in [-0.05, 0) is 61.7 Å². The highest BCUT2D eigenvalue weighted by Gasteiger charge is 2.35. The molecule has 0 saturated carbocycles. The summed E-state index contributed by atoms with van der Waals surface area (Å²) in [6.07, 6.45) is 1.21. The van der Waals surface area contributed by atoms with E-state index in [2.05, 4.69) is 22.0 Å². The number of hydrogen-bond donors (Lipinski definition) is 1. The molecule has 32 heavy (non-hydrogen) atoms. The van der Waals surface area contributed by atoms with Gasteiger partial charge in [-0.3, -0.25) is 9.36 Å². The van der Waals surface area contributed by atoms with Gasteiger partial charge in [0.15, 0.2) is 0 Å². The highest BCUT2D eigenvalue weighted by molar-refractivity contribution is 5.96. The minimum Gasteiger partial charge on any atom is -0.339 e. The summed E-state index contributed by atoms with van der Waals surface area (Å²) < 4.78 is 7.27. The number of aromatic nitrogens is 4. The Labute approximate surface area is 184 Å². The Kier molecular flexibility index (Phi) is 4.92. The molecule has 164 valence electrons. The van der Waals surface area contributed by atoms with Gasteiger partial charge >= 0.3 is 5.69 Å². The van der Waals surface area contributed by atoms with Crippen molar-refractivity contribution in [2.75, 3.05) is 11.4 Å². The number of aromatic amines is 1. The maximum Gasteiger partial charge on any atom is 0.326 e. The minimum absolute atomic E-state index is 0.0502. The van der Waals surface area contributed by atoms with E-state index < -0.39 is 0 Å². The largest absolute Gasteiger partial charge is 0.339 e. The second-order valence-electron chi connectivity index (χ2n) is 8.44. The average Bonchev–Trinajstić information content (AvgIpc) is 3.48. The van der Waals surface area contributed by atoms with Crippen molar-refractivity contribution in [2.45, 2.75) is 46.1 Å². The number of nitrogens with zero attached hydrogens (tertiary/aromatic N) is 4. The van der Waals surface area contributed by atoms with Crippen LogP contribution in [0.1, 0.15) is 42.7 Å². The summed E-state index contributed by atoms with van der Waals surface area (Å²) in [5, 5.41) is 4.14. The van der Waals surface area contributed by atoms with Crippen molar-refractivity contribution in [1.82, 2.24) is 19.7 Å². The Morgan fingerprint density at radius 1 is 1.12 bits per heavy atom. The van der Waals surface area contributed by atoms with Gasteiger partial charge in [-0.2, -0.15) is 4.98 Å². The van der Waals surface area contributed by atoms with Crippen LogP contribution in [0.25, 0.3) is 22.4 Å². The van der Waals surface area contributed by atoms with E-state index in [1.54, 1.807) is 9.47 Å². The number of carbonyl (C=O) groups is 1. The van der Waals surface area contributed by atoms with Gasteiger partial charge in [-0.15, -0.1) is 0 Å². The van der Waals surface area contributed by atoms with Crippen LogP contribution in [-0.4, -0.2) is 32.1 Å². The summed E-state index contributed by atoms with van der Waals surface area (Å²) in [7, 11) is 0. The van der Waals surface area contributed by atoms with Gasteiger partial charge in [0.1, 0.15) is 0 Å². The highest BCUT2D eigenvalue weighted by atomic mass is 16.5. The van der Waals surface area contributed by atoms with Gasteiger partial charge in [0.05, 0.1) is 17.0 Å². The van der Waals surface area contributed by atoms with Crippen molar-refractivity contribution >= 4 is 22.6 Å². The van der Waals surface area contributed by atoms with E-state index in [0.717, 1.165) is 34.3 Å². The zero-order chi connectivity index (χ0) is 22.4. The molecule has 1 atom stereocenters. The Balaban J connectivity index is 1.39. The molecule has 0 spiro atoms. The zero-order valence-electron chi connectivity index (χ0n) is 18.4. The topological polar surface area (TPSA) is 97.0 Å². The first kappa shape index (κ1) is 20.2. The maximum absolute atomic E-state index is 12.7. The quantitative estimate of drug-likeness (QED) is 0.516. The standard InChI is InChI=1S/C24H25N5O3/c1-4-9-28-20-8-6-16(11-19(20)25-24(28)31)22-26-23(32-27-22)17-12-21(30)29(13-17)18-7-5-14(2)15(3)10-18/h5-8,10-11,17H,4,9,12-13H2,1-3H3,(H,25,31)/t17-/m0/s1. The molecular weight excluding hydrogens is 406 g/mol. The molecule has 8 heteroatoms. The van der Waals surface area contributed by atoms with E-state index in [4.69, 9.17) is 4.52 Å². The van der Waals surface area contributed by atoms with Gasteiger partial charge < -0.3 is 14.4 Å². The van der Waals surface area contributed by atoms with Crippen molar-refractivity contribution in [3.8, 4) is 11.4 Å². The summed E-state index contributed by atoms with van der Waals surface area (Å²) in [4.78, 5) is 34.1. The smallest absolute Gasteiger partial charge is 0.326 e. The van der Waals surface area contributed by atoms with E-state index in [0.29, 0.717) is 31.2 Å². The summed E-state index contributed by atoms with van der Waals surface area (Å²) in [5.74, 6) is 0.800. The number of nitrogens with one attached hydrogen (secondary N) is 1. The molecule has 1 aliphatic heterocycles. The van der Waals surface area contributed by atoms with Gasteiger partial charge in [0.25, 0.3) is 0 Å². The third-order valence-electron chi connectivity index (χ3n) is 6.20. The number of amides is 1. The van der Waals surface area contributed by atoms with Crippen molar-refractivity contribution in [3.63, 3.8) is 0 Å². The Morgan fingerprint density at radius 3 is 2.75 bits per heavy atom. The molecule has 1 N–H and O–H groups in total. The number of fused-ring (bicyclic) bond motifs is 1. The van der Waals surface area contributed by atoms with Crippen LogP contribution in [-0.2, 0) is 11.3 Å². The maximum atomic E-state index is 12.7. The SMILES string of the molecule is CCCn1c(=O)[nH]c2cc(-c3noc([C@H]4CC(=O)N(c5ccc(C)c(C)c5)C4)n3)ccc21. The summed E-state index contributed by atoms with van der Waals surface area (Å²) >= 11 is 0. The Hall–Kier alpha value is -3.68. The van der Waals surface area contributed by atoms with Crippen molar-refractivity contribution in [3.05, 3.63) is 63.9 Å². The molecule has 8 nitrogen and oxygen atoms in total. The van der Waals surface area contributed by atoms with Crippen LogP contribution in [0, 0.1) is 13.8 Å². The number of carbonyl (C=O) groups excluding carboxylic acids is 1. The number of imidazole rings is 1. The van der Waals surface area contributed by atoms with E-state index in [1.807, 2.05) is 50.2 Å². The van der Waals surface area contributed by atoms with Crippen molar-refractivity contribution in [1.29, 1.82) is 0 Å². The fourth-order valence-electron chi connectivity index (χ4n) is 4.28. The lowest BCUT2D eigenvalue weighted by Crippen LogP contribution is -2.24. The van der Waals surface area contributed by atoms with Gasteiger partial charge in [0.2, 0.25) is 17.6 Å². The predicted octanol–water partition coefficient (Wildman–Crippen LogP) is 3.93. The molecule has 2 aromatic heterocycles. The summed E-state index contributed by atoms with van der Waals surface area (Å²) in [6, 6.07) is 11.7. The molecule has 0 aliphatic carbocycles. The average molecular weight is 431 g/mol. The van der Waals surface area contributed by atoms with Crippen LogP contribution in [0.15, 0.2) is 45.7 Å². The molecule has 5 rings (SSSR count). The molecule has 0 bridgehead atoms. The predicted molar refractivity (Wildman–Crippen MR) is 122 cm³/mol. The fourth-order valence-corrected chi connectivity index (χ4v) is 4.28. The number of hydrogen-bond acceptors (Lipinski definition) is 5. The van der Waals surface area contributed by atoms with Crippen LogP contribution in [0.5, 0.6) is 0 Å². The molecule has 1 fully saturated rings. The first-order valence-electron chi connectivity index (χ1n) is 10.9. The molecule has 1 amide bonds. The number of rotatable bonds is 5. The van der Waals surface area contributed by atoms with Crippen molar-refractivity contribution < 1.29 is 9.32 Å². The van der Waals surface area contributed by atoms with Crippen LogP contribution >= 0.6 is 0 Å². The summed E-state index contributed by atoms with van der Waals surface area (Å²) in [6.45, 7) is 7.31. The second kappa shape index (κ2) is 7.78. The van der Waals surface area contributed by atoms with E-state index in [9.17, 15) is 9.59 Å². The van der Waals surface area contributed by atoms with Crippen LogP contribution in [0.3, 0.4) is 0 Å². The number of anilines is 1. The lowest BCUT2D eigenvalue weighted by molar-refractivity contribution is -0.117. The normalized spacial score (nSPS) is 16.4. The number of benzene rings is 2. The molecular formula is C24H25N5O3. The van der Waals surface area contributed by atoms with Crippen LogP contribution in [0.2, 0.25) is 0 Å². The molecule has 3 heterocycles. The molecule has 0 unspecified atom stereocenters. The Bertz CT molecular complexity index is 1380. The molecule has 1 saturated heterocycles. The summed E-state index contributed by atoms with van der Waals surface area (Å²) in [5.41, 5.74) is 5.48. The molecule has 2 aromatic carbocycles.